The molecule has 1 aliphatic heterocycles. The molecule has 0 aliphatic carbocycles. The Hall–Kier alpha value is -1.14. The first-order chi connectivity index (χ1) is 7.97. The summed E-state index contributed by atoms with van der Waals surface area (Å²) in [4.78, 5) is 23.6. The molecule has 0 aromatic rings. The molecule has 1 fully saturated rings. The predicted octanol–water partition coefficient (Wildman–Crippen LogP) is 0.115. The zero-order valence-electron chi connectivity index (χ0n) is 10.3. The van der Waals surface area contributed by atoms with Crippen molar-refractivity contribution in [1.29, 1.82) is 0 Å². The van der Waals surface area contributed by atoms with Crippen LogP contribution in [0.4, 0.5) is 0 Å². The van der Waals surface area contributed by atoms with Crippen LogP contribution >= 0.6 is 0 Å². The van der Waals surface area contributed by atoms with E-state index < -0.39 is 11.6 Å². The fourth-order valence-corrected chi connectivity index (χ4v) is 1.73. The third-order valence-corrected chi connectivity index (χ3v) is 2.61. The topological polar surface area (TPSA) is 76.1 Å². The molecular weight excluding hydrogens is 226 g/mol. The Bertz CT molecular complexity index is 286. The normalized spacial score (nSPS) is 17.6. The smallest absolute Gasteiger partial charge is 0.329 e. The second kappa shape index (κ2) is 5.97. The Labute approximate surface area is 100 Å². The van der Waals surface area contributed by atoms with Crippen LogP contribution in [0.1, 0.15) is 20.3 Å². The maximum Gasteiger partial charge on any atom is 0.329 e. The van der Waals surface area contributed by atoms with Crippen LogP contribution in [0.5, 0.6) is 0 Å². The average molecular weight is 245 g/mol. The van der Waals surface area contributed by atoms with Gasteiger partial charge in [0.1, 0.15) is 12.2 Å². The SMILES string of the molecule is CCOCCC(=O)N1CC(C)(OCC(=O)O)C1. The van der Waals surface area contributed by atoms with E-state index in [1.807, 2.05) is 13.8 Å². The maximum atomic E-state index is 11.6. The van der Waals surface area contributed by atoms with E-state index in [4.69, 9.17) is 14.6 Å². The van der Waals surface area contributed by atoms with Crippen molar-refractivity contribution in [2.75, 3.05) is 32.9 Å². The molecule has 6 nitrogen and oxygen atoms in total. The molecule has 1 saturated heterocycles. The number of rotatable bonds is 7. The Balaban J connectivity index is 2.20. The lowest BCUT2D eigenvalue weighted by Gasteiger charge is -2.47. The van der Waals surface area contributed by atoms with Gasteiger partial charge in [0.05, 0.1) is 26.1 Å². The summed E-state index contributed by atoms with van der Waals surface area (Å²) < 4.78 is 10.3. The molecule has 0 spiro atoms. The lowest BCUT2D eigenvalue weighted by Crippen LogP contribution is -2.63. The van der Waals surface area contributed by atoms with E-state index >= 15 is 0 Å². The third-order valence-electron chi connectivity index (χ3n) is 2.61. The summed E-state index contributed by atoms with van der Waals surface area (Å²) >= 11 is 0. The fraction of sp³-hybridized carbons (Fsp3) is 0.818. The second-order valence-electron chi connectivity index (χ2n) is 4.33. The van der Waals surface area contributed by atoms with Crippen LogP contribution in [0.3, 0.4) is 0 Å². The lowest BCUT2D eigenvalue weighted by atomic mass is 9.96. The van der Waals surface area contributed by atoms with E-state index in [1.165, 1.54) is 0 Å². The Morgan fingerprint density at radius 3 is 2.59 bits per heavy atom. The zero-order valence-corrected chi connectivity index (χ0v) is 10.3. The summed E-state index contributed by atoms with van der Waals surface area (Å²) in [7, 11) is 0. The van der Waals surface area contributed by atoms with Crippen LogP contribution in [0, 0.1) is 0 Å². The van der Waals surface area contributed by atoms with E-state index in [-0.39, 0.29) is 12.5 Å². The molecule has 0 radical (unpaired) electrons. The van der Waals surface area contributed by atoms with Crippen molar-refractivity contribution < 1.29 is 24.2 Å². The molecule has 1 heterocycles. The van der Waals surface area contributed by atoms with Crippen molar-refractivity contribution in [2.24, 2.45) is 0 Å². The van der Waals surface area contributed by atoms with Crippen LogP contribution in [0.15, 0.2) is 0 Å². The molecule has 1 rings (SSSR count). The standard InChI is InChI=1S/C11H19NO5/c1-3-16-5-4-9(13)12-7-11(2,8-12)17-6-10(14)15/h3-8H2,1-2H3,(H,14,15). The van der Waals surface area contributed by atoms with Crippen LogP contribution in [0.2, 0.25) is 0 Å². The molecule has 1 aliphatic rings. The Kier molecular flexibility index (Phi) is 4.89. The highest BCUT2D eigenvalue weighted by Crippen LogP contribution is 2.25. The van der Waals surface area contributed by atoms with E-state index in [0.717, 1.165) is 0 Å². The molecule has 98 valence electrons. The van der Waals surface area contributed by atoms with Gasteiger partial charge in [0, 0.05) is 6.61 Å². The molecule has 0 unspecified atom stereocenters. The number of amides is 1. The van der Waals surface area contributed by atoms with Gasteiger partial charge in [0.15, 0.2) is 0 Å². The third kappa shape index (κ3) is 4.32. The highest BCUT2D eigenvalue weighted by molar-refractivity contribution is 5.77. The number of carboxylic acid groups (broad SMARTS) is 1. The first-order valence-electron chi connectivity index (χ1n) is 5.68. The number of aliphatic carboxylic acids is 1. The van der Waals surface area contributed by atoms with Gasteiger partial charge in [-0.05, 0) is 13.8 Å². The molecule has 0 atom stereocenters. The van der Waals surface area contributed by atoms with E-state index in [2.05, 4.69) is 0 Å². The molecular formula is C11H19NO5. The highest BCUT2D eigenvalue weighted by atomic mass is 16.5. The van der Waals surface area contributed by atoms with Gasteiger partial charge in [-0.25, -0.2) is 4.79 Å². The number of likely N-dealkylation sites (tertiary alicyclic amines) is 1. The van der Waals surface area contributed by atoms with Gasteiger partial charge in [-0.3, -0.25) is 4.79 Å². The molecule has 1 N–H and O–H groups in total. The molecule has 0 bridgehead atoms. The van der Waals surface area contributed by atoms with Crippen molar-refractivity contribution in [3.05, 3.63) is 0 Å². The zero-order chi connectivity index (χ0) is 12.9. The first-order valence-corrected chi connectivity index (χ1v) is 5.68. The number of nitrogens with zero attached hydrogens (tertiary/aromatic N) is 1. The van der Waals surface area contributed by atoms with Gasteiger partial charge in [-0.2, -0.15) is 0 Å². The largest absolute Gasteiger partial charge is 0.480 e. The fourth-order valence-electron chi connectivity index (χ4n) is 1.73. The van der Waals surface area contributed by atoms with Gasteiger partial charge in [-0.15, -0.1) is 0 Å². The first kappa shape index (κ1) is 13.9. The summed E-state index contributed by atoms with van der Waals surface area (Å²) in [6.07, 6.45) is 0.364. The number of carbonyl (C=O) groups is 2. The molecule has 0 aromatic heterocycles. The van der Waals surface area contributed by atoms with Crippen LogP contribution in [0.25, 0.3) is 0 Å². The van der Waals surface area contributed by atoms with Gasteiger partial charge in [0.2, 0.25) is 5.91 Å². The van der Waals surface area contributed by atoms with Crippen LogP contribution in [-0.4, -0.2) is 60.4 Å². The van der Waals surface area contributed by atoms with Gasteiger partial charge >= 0.3 is 5.97 Å². The van der Waals surface area contributed by atoms with Crippen LogP contribution in [-0.2, 0) is 19.1 Å². The minimum absolute atomic E-state index is 0.0230. The summed E-state index contributed by atoms with van der Waals surface area (Å²) in [6.45, 7) is 5.30. The maximum absolute atomic E-state index is 11.6. The average Bonchev–Trinajstić information content (AvgIpc) is 2.22. The van der Waals surface area contributed by atoms with Crippen molar-refractivity contribution in [2.45, 2.75) is 25.9 Å². The number of ether oxygens (including phenoxy) is 2. The van der Waals surface area contributed by atoms with Crippen LogP contribution < -0.4 is 0 Å². The van der Waals surface area contributed by atoms with E-state index in [9.17, 15) is 9.59 Å². The van der Waals surface area contributed by atoms with Crippen molar-refractivity contribution in [3.8, 4) is 0 Å². The number of carboxylic acids is 1. The lowest BCUT2D eigenvalue weighted by molar-refractivity contribution is -0.173. The number of carbonyl (C=O) groups excluding carboxylic acids is 1. The second-order valence-corrected chi connectivity index (χ2v) is 4.33. The van der Waals surface area contributed by atoms with Crippen molar-refractivity contribution >= 4 is 11.9 Å². The van der Waals surface area contributed by atoms with E-state index in [0.29, 0.717) is 32.7 Å². The Morgan fingerprint density at radius 2 is 2.06 bits per heavy atom. The summed E-state index contributed by atoms with van der Waals surface area (Å²) in [5.41, 5.74) is -0.514. The summed E-state index contributed by atoms with van der Waals surface area (Å²) in [5.74, 6) is -0.970. The number of hydrogen-bond acceptors (Lipinski definition) is 4. The molecule has 0 saturated carbocycles. The van der Waals surface area contributed by atoms with Crippen molar-refractivity contribution in [1.82, 2.24) is 4.90 Å². The summed E-state index contributed by atoms with van der Waals surface area (Å²) in [5, 5.41) is 8.49. The molecule has 0 aromatic carbocycles. The summed E-state index contributed by atoms with van der Waals surface area (Å²) in [6, 6.07) is 0. The van der Waals surface area contributed by atoms with E-state index in [1.54, 1.807) is 4.90 Å². The van der Waals surface area contributed by atoms with Gasteiger partial charge < -0.3 is 19.5 Å². The number of hydrogen-bond donors (Lipinski definition) is 1. The molecule has 17 heavy (non-hydrogen) atoms. The van der Waals surface area contributed by atoms with Gasteiger partial charge in [-0.1, -0.05) is 0 Å². The molecule has 1 amide bonds. The van der Waals surface area contributed by atoms with Gasteiger partial charge in [0.25, 0.3) is 0 Å². The monoisotopic (exact) mass is 245 g/mol. The highest BCUT2D eigenvalue weighted by Gasteiger charge is 2.42. The van der Waals surface area contributed by atoms with Crippen molar-refractivity contribution in [3.63, 3.8) is 0 Å². The quantitative estimate of drug-likeness (QED) is 0.644. The Morgan fingerprint density at radius 1 is 1.41 bits per heavy atom. The minimum atomic E-state index is -0.993. The minimum Gasteiger partial charge on any atom is -0.480 e. The molecule has 6 heteroatoms. The predicted molar refractivity (Wildman–Crippen MR) is 59.7 cm³/mol.